The topological polar surface area (TPSA) is 65.0 Å². The van der Waals surface area contributed by atoms with Gasteiger partial charge in [-0.25, -0.2) is 0 Å². The van der Waals surface area contributed by atoms with Crippen LogP contribution >= 0.6 is 12.4 Å². The summed E-state index contributed by atoms with van der Waals surface area (Å²) in [5, 5.41) is 17.7. The Morgan fingerprint density at radius 1 is 1.69 bits per heavy atom. The van der Waals surface area contributed by atoms with E-state index in [2.05, 4.69) is 15.1 Å². The summed E-state index contributed by atoms with van der Waals surface area (Å²) in [6.45, 7) is 0.559. The summed E-state index contributed by atoms with van der Waals surface area (Å²) in [7, 11) is 1.70. The zero-order valence-corrected chi connectivity index (χ0v) is 8.13. The zero-order chi connectivity index (χ0) is 8.55. The van der Waals surface area contributed by atoms with E-state index in [0.717, 1.165) is 0 Å². The normalized spacial score (nSPS) is 15.5. The van der Waals surface area contributed by atoms with Gasteiger partial charge in [0.1, 0.15) is 0 Å². The van der Waals surface area contributed by atoms with Crippen molar-refractivity contribution in [2.75, 3.05) is 0 Å². The monoisotopic (exact) mass is 205 g/mol. The molecule has 0 radical (unpaired) electrons. The van der Waals surface area contributed by atoms with Gasteiger partial charge in [-0.05, 0) is 12.8 Å². The Morgan fingerprint density at radius 3 is 2.85 bits per heavy atom. The Morgan fingerprint density at radius 2 is 2.38 bits per heavy atom. The summed E-state index contributed by atoms with van der Waals surface area (Å²) in [4.78, 5) is 0. The van der Waals surface area contributed by atoms with Crippen molar-refractivity contribution in [2.45, 2.75) is 25.4 Å². The number of aromatic nitrogens is 2. The lowest BCUT2D eigenvalue weighted by molar-refractivity contribution is -0.746. The first-order valence-corrected chi connectivity index (χ1v) is 4.02. The van der Waals surface area contributed by atoms with Gasteiger partial charge in [-0.1, -0.05) is 4.68 Å². The van der Waals surface area contributed by atoms with E-state index in [9.17, 15) is 5.11 Å². The molecule has 0 amide bonds. The Kier molecular flexibility index (Phi) is 3.11. The highest BCUT2D eigenvalue weighted by Crippen LogP contribution is 2.19. The highest BCUT2D eigenvalue weighted by atomic mass is 35.5. The maximum Gasteiger partial charge on any atom is 0.246 e. The van der Waals surface area contributed by atoms with Gasteiger partial charge in [0, 0.05) is 6.04 Å². The van der Waals surface area contributed by atoms with Crippen LogP contribution in [0.1, 0.15) is 18.5 Å². The van der Waals surface area contributed by atoms with Crippen molar-refractivity contribution in [3.63, 3.8) is 0 Å². The number of aryl methyl sites for hydroxylation is 1. The van der Waals surface area contributed by atoms with Gasteiger partial charge in [0.25, 0.3) is 0 Å². The molecule has 0 atom stereocenters. The first-order valence-electron chi connectivity index (χ1n) is 4.02. The van der Waals surface area contributed by atoms with Gasteiger partial charge < -0.3 is 14.9 Å². The third-order valence-electron chi connectivity index (χ3n) is 2.01. The van der Waals surface area contributed by atoms with Crippen molar-refractivity contribution in [1.29, 1.82) is 0 Å². The summed E-state index contributed by atoms with van der Waals surface area (Å²) in [5.74, 6) is -0.342. The van der Waals surface area contributed by atoms with Crippen molar-refractivity contribution >= 4 is 12.4 Å². The maximum absolute atomic E-state index is 11.0. The smallest absolute Gasteiger partial charge is 0.246 e. The summed E-state index contributed by atoms with van der Waals surface area (Å²) >= 11 is 0. The number of hydrogen-bond acceptors (Lipinski definition) is 4. The molecule has 1 saturated carbocycles. The van der Waals surface area contributed by atoms with Crippen LogP contribution in [0.2, 0.25) is 0 Å². The van der Waals surface area contributed by atoms with E-state index in [0.29, 0.717) is 18.3 Å². The van der Waals surface area contributed by atoms with Crippen molar-refractivity contribution in [3.05, 3.63) is 5.69 Å². The van der Waals surface area contributed by atoms with Crippen LogP contribution in [0, 0.1) is 0 Å². The van der Waals surface area contributed by atoms with E-state index in [1.807, 2.05) is 0 Å². The van der Waals surface area contributed by atoms with E-state index in [1.165, 1.54) is 17.5 Å². The van der Waals surface area contributed by atoms with E-state index >= 15 is 0 Å². The molecule has 1 aliphatic carbocycles. The van der Waals surface area contributed by atoms with Crippen LogP contribution in [0.5, 0.6) is 5.95 Å². The fourth-order valence-corrected chi connectivity index (χ4v) is 1.05. The fraction of sp³-hybridized carbons (Fsp3) is 0.714. The molecule has 1 fully saturated rings. The Hall–Kier alpha value is -0.810. The summed E-state index contributed by atoms with van der Waals surface area (Å²) in [6, 6.07) is 0.597. The molecule has 74 valence electrons. The number of halogens is 1. The van der Waals surface area contributed by atoms with Gasteiger partial charge in [-0.3, -0.25) is 0 Å². The average Bonchev–Trinajstić information content (AvgIpc) is 2.80. The summed E-state index contributed by atoms with van der Waals surface area (Å²) in [6.07, 6.45) is 2.42. The lowest BCUT2D eigenvalue weighted by Crippen LogP contribution is -2.37. The molecule has 0 saturated heterocycles. The third-order valence-corrected chi connectivity index (χ3v) is 2.01. The molecule has 1 aromatic rings. The molecule has 5 nitrogen and oxygen atoms in total. The van der Waals surface area contributed by atoms with Crippen LogP contribution in [-0.2, 0) is 13.6 Å². The highest BCUT2D eigenvalue weighted by Gasteiger charge is 2.22. The van der Waals surface area contributed by atoms with Crippen molar-refractivity contribution in [1.82, 2.24) is 10.6 Å². The molecular formula is C7H12ClN3O2. The second-order valence-electron chi connectivity index (χ2n) is 3.09. The number of nitrogens with zero attached hydrogens (tertiary/aromatic N) is 2. The van der Waals surface area contributed by atoms with Crippen LogP contribution < -0.4 is 15.1 Å². The van der Waals surface area contributed by atoms with Crippen LogP contribution in [-0.4, -0.2) is 11.3 Å². The molecule has 1 aliphatic rings. The minimum atomic E-state index is -0.342. The lowest BCUT2D eigenvalue weighted by atomic mass is 10.4. The van der Waals surface area contributed by atoms with Gasteiger partial charge >= 0.3 is 0 Å². The standard InChI is InChI=1S/C7H11N3O2.ClH/c1-10-6(7(11)12-9-10)4-8-5-2-3-5;/h5,8H,2-4H2,1H3;1H. The van der Waals surface area contributed by atoms with Gasteiger partial charge in [0.05, 0.1) is 11.8 Å². The SMILES string of the molecule is C[n+]1noc([O-])c1CNC1CC1.Cl. The van der Waals surface area contributed by atoms with Crippen LogP contribution in [0.15, 0.2) is 4.52 Å². The number of hydrogen-bond donors (Lipinski definition) is 1. The van der Waals surface area contributed by atoms with E-state index < -0.39 is 0 Å². The molecule has 2 rings (SSSR count). The van der Waals surface area contributed by atoms with Gasteiger partial charge in [-0.15, -0.1) is 12.4 Å². The van der Waals surface area contributed by atoms with Crippen molar-refractivity contribution in [2.24, 2.45) is 7.05 Å². The molecule has 0 bridgehead atoms. The second-order valence-corrected chi connectivity index (χ2v) is 3.09. The predicted molar refractivity (Wildman–Crippen MR) is 44.2 cm³/mol. The second kappa shape index (κ2) is 3.93. The van der Waals surface area contributed by atoms with Gasteiger partial charge in [0.2, 0.25) is 5.69 Å². The van der Waals surface area contributed by atoms with Crippen LogP contribution in [0.3, 0.4) is 0 Å². The van der Waals surface area contributed by atoms with E-state index in [-0.39, 0.29) is 18.4 Å². The Balaban J connectivity index is 0.000000845. The molecular weight excluding hydrogens is 194 g/mol. The molecule has 1 heterocycles. The average molecular weight is 206 g/mol. The van der Waals surface area contributed by atoms with Gasteiger partial charge in [-0.2, -0.15) is 0 Å². The third kappa shape index (κ3) is 2.32. The Bertz CT molecular complexity index is 266. The number of rotatable bonds is 3. The predicted octanol–water partition coefficient (Wildman–Crippen LogP) is -0.754. The molecule has 0 aliphatic heterocycles. The van der Waals surface area contributed by atoms with Crippen molar-refractivity contribution in [3.8, 4) is 5.95 Å². The first kappa shape index (κ1) is 10.3. The minimum absolute atomic E-state index is 0. The zero-order valence-electron chi connectivity index (χ0n) is 7.32. The summed E-state index contributed by atoms with van der Waals surface area (Å²) in [5.41, 5.74) is 0.585. The quantitative estimate of drug-likeness (QED) is 0.660. The maximum atomic E-state index is 11.0. The van der Waals surface area contributed by atoms with Crippen LogP contribution in [0.25, 0.3) is 0 Å². The van der Waals surface area contributed by atoms with Crippen LogP contribution in [0.4, 0.5) is 0 Å². The Labute approximate surface area is 82.1 Å². The lowest BCUT2D eigenvalue weighted by Gasteiger charge is -1.97. The molecule has 0 aromatic carbocycles. The van der Waals surface area contributed by atoms with Crippen molar-refractivity contribution < 1.29 is 14.3 Å². The van der Waals surface area contributed by atoms with E-state index in [1.54, 1.807) is 7.05 Å². The fourth-order valence-electron chi connectivity index (χ4n) is 1.05. The molecule has 6 heteroatoms. The minimum Gasteiger partial charge on any atom is -0.539 e. The molecule has 1 N–H and O–H groups in total. The van der Waals surface area contributed by atoms with Gasteiger partial charge in [0.15, 0.2) is 13.0 Å². The molecule has 0 spiro atoms. The molecule has 0 unspecified atom stereocenters. The number of nitrogens with one attached hydrogen (secondary N) is 1. The van der Waals surface area contributed by atoms with E-state index in [4.69, 9.17) is 0 Å². The first-order chi connectivity index (χ1) is 5.77. The largest absolute Gasteiger partial charge is 0.539 e. The molecule has 1 aromatic heterocycles. The summed E-state index contributed by atoms with van der Waals surface area (Å²) < 4.78 is 5.94. The highest BCUT2D eigenvalue weighted by molar-refractivity contribution is 5.85. The molecule has 13 heavy (non-hydrogen) atoms.